The standard InChI is InChI=1S/C14H28N2O/c1-6-12(5)16(7-2)13(17)14(11(3)4)8-9-15-10-14/h11-12,15H,6-10H2,1-5H3. The molecule has 1 N–H and O–H groups in total. The fourth-order valence-corrected chi connectivity index (χ4v) is 2.80. The zero-order valence-electron chi connectivity index (χ0n) is 12.0. The zero-order chi connectivity index (χ0) is 13.1. The summed E-state index contributed by atoms with van der Waals surface area (Å²) in [4.78, 5) is 14.9. The smallest absolute Gasteiger partial charge is 0.230 e. The molecule has 100 valence electrons. The highest BCUT2D eigenvalue weighted by molar-refractivity contribution is 5.84. The molecule has 3 nitrogen and oxygen atoms in total. The van der Waals surface area contributed by atoms with Crippen LogP contribution in [0.4, 0.5) is 0 Å². The lowest BCUT2D eigenvalue weighted by atomic mass is 9.75. The number of hydrogen-bond donors (Lipinski definition) is 1. The van der Waals surface area contributed by atoms with Gasteiger partial charge in [0.1, 0.15) is 0 Å². The molecular formula is C14H28N2O. The van der Waals surface area contributed by atoms with Crippen molar-refractivity contribution >= 4 is 5.91 Å². The maximum Gasteiger partial charge on any atom is 0.230 e. The summed E-state index contributed by atoms with van der Waals surface area (Å²) in [6, 6.07) is 0.351. The first kappa shape index (κ1) is 14.5. The zero-order valence-corrected chi connectivity index (χ0v) is 12.0. The highest BCUT2D eigenvalue weighted by Gasteiger charge is 2.46. The summed E-state index contributed by atoms with van der Waals surface area (Å²) in [5.74, 6) is 0.762. The SMILES string of the molecule is CCC(C)N(CC)C(=O)C1(C(C)C)CCNC1. The van der Waals surface area contributed by atoms with Crippen LogP contribution >= 0.6 is 0 Å². The Labute approximate surface area is 106 Å². The van der Waals surface area contributed by atoms with Gasteiger partial charge in [-0.3, -0.25) is 4.79 Å². The average Bonchev–Trinajstić information content (AvgIpc) is 2.79. The summed E-state index contributed by atoms with van der Waals surface area (Å²) >= 11 is 0. The predicted molar refractivity (Wildman–Crippen MR) is 71.9 cm³/mol. The van der Waals surface area contributed by atoms with Gasteiger partial charge in [0.2, 0.25) is 5.91 Å². The lowest BCUT2D eigenvalue weighted by molar-refractivity contribution is -0.145. The van der Waals surface area contributed by atoms with Gasteiger partial charge in [-0.05, 0) is 39.2 Å². The molecular weight excluding hydrogens is 212 g/mol. The molecule has 0 bridgehead atoms. The molecule has 1 amide bonds. The van der Waals surface area contributed by atoms with E-state index in [4.69, 9.17) is 0 Å². The fraction of sp³-hybridized carbons (Fsp3) is 0.929. The summed E-state index contributed by atoms with van der Waals surface area (Å²) in [5, 5.41) is 3.36. The molecule has 1 heterocycles. The number of hydrogen-bond acceptors (Lipinski definition) is 2. The number of nitrogens with one attached hydrogen (secondary N) is 1. The Kier molecular flexibility index (Phi) is 4.99. The second kappa shape index (κ2) is 5.85. The van der Waals surface area contributed by atoms with Gasteiger partial charge in [-0.25, -0.2) is 0 Å². The molecule has 0 saturated carbocycles. The Morgan fingerprint density at radius 3 is 2.35 bits per heavy atom. The Balaban J connectivity index is 2.91. The van der Waals surface area contributed by atoms with Crippen LogP contribution in [0.2, 0.25) is 0 Å². The van der Waals surface area contributed by atoms with E-state index in [2.05, 4.69) is 44.8 Å². The number of nitrogens with zero attached hydrogens (tertiary/aromatic N) is 1. The molecule has 0 radical (unpaired) electrons. The van der Waals surface area contributed by atoms with Crippen molar-refractivity contribution in [3.8, 4) is 0 Å². The van der Waals surface area contributed by atoms with Crippen molar-refractivity contribution in [3.05, 3.63) is 0 Å². The lowest BCUT2D eigenvalue weighted by Crippen LogP contribution is -2.51. The highest BCUT2D eigenvalue weighted by Crippen LogP contribution is 2.36. The second-order valence-electron chi connectivity index (χ2n) is 5.59. The van der Waals surface area contributed by atoms with Crippen molar-refractivity contribution in [2.24, 2.45) is 11.3 Å². The Hall–Kier alpha value is -0.570. The Morgan fingerprint density at radius 2 is 2.00 bits per heavy atom. The normalized spacial score (nSPS) is 26.2. The molecule has 1 aliphatic heterocycles. The summed E-state index contributed by atoms with van der Waals surface area (Å²) in [5.41, 5.74) is -0.167. The Bertz CT molecular complexity index is 257. The van der Waals surface area contributed by atoms with Gasteiger partial charge in [0.15, 0.2) is 0 Å². The van der Waals surface area contributed by atoms with Crippen molar-refractivity contribution in [3.63, 3.8) is 0 Å². The first-order valence-electron chi connectivity index (χ1n) is 7.01. The molecule has 0 aromatic carbocycles. The monoisotopic (exact) mass is 240 g/mol. The third-order valence-electron chi connectivity index (χ3n) is 4.44. The van der Waals surface area contributed by atoms with Crippen LogP contribution in [-0.2, 0) is 4.79 Å². The number of rotatable bonds is 5. The summed E-state index contributed by atoms with van der Waals surface area (Å²) < 4.78 is 0. The van der Waals surface area contributed by atoms with Crippen LogP contribution in [-0.4, -0.2) is 36.5 Å². The van der Waals surface area contributed by atoms with E-state index in [1.807, 2.05) is 0 Å². The van der Waals surface area contributed by atoms with Crippen LogP contribution in [0.3, 0.4) is 0 Å². The molecule has 0 aliphatic carbocycles. The van der Waals surface area contributed by atoms with E-state index in [-0.39, 0.29) is 5.41 Å². The van der Waals surface area contributed by atoms with Gasteiger partial charge in [-0.15, -0.1) is 0 Å². The quantitative estimate of drug-likeness (QED) is 0.799. The maximum atomic E-state index is 12.8. The lowest BCUT2D eigenvalue weighted by Gasteiger charge is -2.39. The van der Waals surface area contributed by atoms with E-state index in [0.717, 1.165) is 32.5 Å². The minimum Gasteiger partial charge on any atom is -0.340 e. The van der Waals surface area contributed by atoms with Gasteiger partial charge in [-0.2, -0.15) is 0 Å². The van der Waals surface area contributed by atoms with Crippen molar-refractivity contribution in [2.75, 3.05) is 19.6 Å². The number of carbonyl (C=O) groups is 1. The predicted octanol–water partition coefficient (Wildman–Crippen LogP) is 2.27. The van der Waals surface area contributed by atoms with Gasteiger partial charge < -0.3 is 10.2 Å². The summed E-state index contributed by atoms with van der Waals surface area (Å²) in [7, 11) is 0. The van der Waals surface area contributed by atoms with Crippen LogP contribution < -0.4 is 5.32 Å². The van der Waals surface area contributed by atoms with Crippen LogP contribution in [0.25, 0.3) is 0 Å². The van der Waals surface area contributed by atoms with Gasteiger partial charge in [0.05, 0.1) is 5.41 Å². The van der Waals surface area contributed by atoms with E-state index >= 15 is 0 Å². The van der Waals surface area contributed by atoms with Crippen LogP contribution in [0.5, 0.6) is 0 Å². The minimum absolute atomic E-state index is 0.167. The van der Waals surface area contributed by atoms with E-state index in [0.29, 0.717) is 17.9 Å². The topological polar surface area (TPSA) is 32.3 Å². The molecule has 1 saturated heterocycles. The van der Waals surface area contributed by atoms with Gasteiger partial charge in [-0.1, -0.05) is 20.8 Å². The van der Waals surface area contributed by atoms with E-state index in [9.17, 15) is 4.79 Å². The highest BCUT2D eigenvalue weighted by atomic mass is 16.2. The third-order valence-corrected chi connectivity index (χ3v) is 4.44. The van der Waals surface area contributed by atoms with Gasteiger partial charge >= 0.3 is 0 Å². The Morgan fingerprint density at radius 1 is 1.35 bits per heavy atom. The number of amides is 1. The third kappa shape index (κ3) is 2.65. The molecule has 0 aromatic rings. The van der Waals surface area contributed by atoms with Crippen LogP contribution in [0.1, 0.15) is 47.5 Å². The van der Waals surface area contributed by atoms with Gasteiger partial charge in [0.25, 0.3) is 0 Å². The van der Waals surface area contributed by atoms with Gasteiger partial charge in [0, 0.05) is 19.1 Å². The van der Waals surface area contributed by atoms with Crippen LogP contribution in [0.15, 0.2) is 0 Å². The average molecular weight is 240 g/mol. The first-order valence-corrected chi connectivity index (χ1v) is 7.01. The summed E-state index contributed by atoms with van der Waals surface area (Å²) in [6.07, 6.45) is 2.01. The van der Waals surface area contributed by atoms with Crippen molar-refractivity contribution in [1.29, 1.82) is 0 Å². The molecule has 2 atom stereocenters. The van der Waals surface area contributed by atoms with E-state index < -0.39 is 0 Å². The van der Waals surface area contributed by atoms with Crippen molar-refractivity contribution < 1.29 is 4.79 Å². The fourth-order valence-electron chi connectivity index (χ4n) is 2.80. The van der Waals surface area contributed by atoms with Crippen molar-refractivity contribution in [1.82, 2.24) is 10.2 Å². The largest absolute Gasteiger partial charge is 0.340 e. The molecule has 1 rings (SSSR count). The first-order chi connectivity index (χ1) is 7.99. The molecule has 3 heteroatoms. The molecule has 0 aromatic heterocycles. The number of carbonyl (C=O) groups excluding carboxylic acids is 1. The van der Waals surface area contributed by atoms with Crippen LogP contribution in [0, 0.1) is 11.3 Å². The van der Waals surface area contributed by atoms with E-state index in [1.165, 1.54) is 0 Å². The minimum atomic E-state index is -0.167. The molecule has 2 unspecified atom stereocenters. The molecule has 0 spiro atoms. The van der Waals surface area contributed by atoms with Crippen molar-refractivity contribution in [2.45, 2.75) is 53.5 Å². The molecule has 17 heavy (non-hydrogen) atoms. The summed E-state index contributed by atoms with van der Waals surface area (Å²) in [6.45, 7) is 13.4. The maximum absolute atomic E-state index is 12.8. The van der Waals surface area contributed by atoms with E-state index in [1.54, 1.807) is 0 Å². The second-order valence-corrected chi connectivity index (χ2v) is 5.59. The molecule has 1 aliphatic rings. The molecule has 1 fully saturated rings.